The first-order valence-electron chi connectivity index (χ1n) is 6.60. The van der Waals surface area contributed by atoms with Crippen LogP contribution >= 0.6 is 0 Å². The molecule has 0 aromatic carbocycles. The number of halogens is 3. The summed E-state index contributed by atoms with van der Waals surface area (Å²) >= 11 is 0. The second-order valence-corrected chi connectivity index (χ2v) is 4.95. The van der Waals surface area contributed by atoms with Gasteiger partial charge in [-0.05, 0) is 38.8 Å². The van der Waals surface area contributed by atoms with Crippen LogP contribution in [0.5, 0.6) is 0 Å². The molecule has 6 heteroatoms. The molecule has 3 nitrogen and oxygen atoms in total. The minimum Gasteiger partial charge on any atom is -0.396 e. The van der Waals surface area contributed by atoms with Gasteiger partial charge in [-0.2, -0.15) is 13.2 Å². The molecule has 0 aromatic rings. The van der Waals surface area contributed by atoms with Crippen molar-refractivity contribution in [3.8, 4) is 0 Å². The van der Waals surface area contributed by atoms with Gasteiger partial charge in [0.05, 0.1) is 6.54 Å². The number of piperidine rings is 1. The molecule has 0 bridgehead atoms. The number of alkyl halides is 3. The van der Waals surface area contributed by atoms with Gasteiger partial charge in [0.15, 0.2) is 0 Å². The van der Waals surface area contributed by atoms with E-state index in [0.717, 1.165) is 19.3 Å². The van der Waals surface area contributed by atoms with Gasteiger partial charge in [0.25, 0.3) is 0 Å². The maximum absolute atomic E-state index is 12.2. The standard InChI is InChI=1S/C12H23F3N2O/c1-2-10(5-8-18)16-11-3-6-17(7-4-11)9-12(13,14)15/h10-11,16,18H,2-9H2,1H3. The molecule has 1 fully saturated rings. The lowest BCUT2D eigenvalue weighted by Crippen LogP contribution is -2.48. The Balaban J connectivity index is 2.26. The van der Waals surface area contributed by atoms with Crippen molar-refractivity contribution in [1.82, 2.24) is 10.2 Å². The number of hydrogen-bond acceptors (Lipinski definition) is 3. The van der Waals surface area contributed by atoms with Crippen LogP contribution in [0.25, 0.3) is 0 Å². The van der Waals surface area contributed by atoms with E-state index in [2.05, 4.69) is 5.32 Å². The summed E-state index contributed by atoms with van der Waals surface area (Å²) in [6, 6.07) is 0.556. The molecule has 1 aliphatic rings. The maximum Gasteiger partial charge on any atom is 0.401 e. The zero-order chi connectivity index (χ0) is 13.6. The van der Waals surface area contributed by atoms with Crippen LogP contribution in [0, 0.1) is 0 Å². The van der Waals surface area contributed by atoms with E-state index in [4.69, 9.17) is 5.11 Å². The molecule has 0 spiro atoms. The Morgan fingerprint density at radius 3 is 2.39 bits per heavy atom. The van der Waals surface area contributed by atoms with E-state index in [0.29, 0.717) is 19.5 Å². The van der Waals surface area contributed by atoms with Gasteiger partial charge < -0.3 is 10.4 Å². The van der Waals surface area contributed by atoms with Gasteiger partial charge in [-0.15, -0.1) is 0 Å². The highest BCUT2D eigenvalue weighted by molar-refractivity contribution is 4.81. The Labute approximate surface area is 106 Å². The third-order valence-electron chi connectivity index (χ3n) is 3.43. The molecule has 1 atom stereocenters. The normalized spacial score (nSPS) is 21.2. The maximum atomic E-state index is 12.2. The quantitative estimate of drug-likeness (QED) is 0.770. The molecule has 108 valence electrons. The highest BCUT2D eigenvalue weighted by Gasteiger charge is 2.32. The summed E-state index contributed by atoms with van der Waals surface area (Å²) in [6.07, 6.45) is -0.957. The summed E-state index contributed by atoms with van der Waals surface area (Å²) in [6.45, 7) is 2.39. The second kappa shape index (κ2) is 7.31. The first kappa shape index (κ1) is 15.7. The van der Waals surface area contributed by atoms with Gasteiger partial charge in [0.1, 0.15) is 0 Å². The number of nitrogens with zero attached hydrogens (tertiary/aromatic N) is 1. The minimum absolute atomic E-state index is 0.151. The van der Waals surface area contributed by atoms with Gasteiger partial charge in [0, 0.05) is 18.7 Å². The first-order valence-corrected chi connectivity index (χ1v) is 6.60. The van der Waals surface area contributed by atoms with E-state index in [1.807, 2.05) is 6.92 Å². The van der Waals surface area contributed by atoms with Crippen molar-refractivity contribution in [2.45, 2.75) is 50.9 Å². The Bertz CT molecular complexity index is 228. The van der Waals surface area contributed by atoms with Crippen molar-refractivity contribution in [2.75, 3.05) is 26.2 Å². The SMILES string of the molecule is CCC(CCO)NC1CCN(CC(F)(F)F)CC1. The van der Waals surface area contributed by atoms with E-state index in [1.54, 1.807) is 0 Å². The molecule has 0 amide bonds. The highest BCUT2D eigenvalue weighted by atomic mass is 19.4. The van der Waals surface area contributed by atoms with Crippen LogP contribution in [0.4, 0.5) is 13.2 Å². The molecule has 18 heavy (non-hydrogen) atoms. The van der Waals surface area contributed by atoms with Crippen LogP contribution < -0.4 is 5.32 Å². The van der Waals surface area contributed by atoms with Crippen molar-refractivity contribution in [1.29, 1.82) is 0 Å². The summed E-state index contributed by atoms with van der Waals surface area (Å²) in [5, 5.41) is 12.3. The van der Waals surface area contributed by atoms with Gasteiger partial charge in [-0.3, -0.25) is 4.90 Å². The number of hydrogen-bond donors (Lipinski definition) is 2. The van der Waals surface area contributed by atoms with Gasteiger partial charge in [-0.25, -0.2) is 0 Å². The largest absolute Gasteiger partial charge is 0.401 e. The van der Waals surface area contributed by atoms with Crippen LogP contribution in [-0.2, 0) is 0 Å². The van der Waals surface area contributed by atoms with Crippen molar-refractivity contribution in [3.63, 3.8) is 0 Å². The number of aliphatic hydroxyl groups is 1. The predicted octanol–water partition coefficient (Wildman–Crippen LogP) is 1.76. The highest BCUT2D eigenvalue weighted by Crippen LogP contribution is 2.20. The first-order chi connectivity index (χ1) is 8.44. The molecule has 1 unspecified atom stereocenters. The van der Waals surface area contributed by atoms with Crippen molar-refractivity contribution < 1.29 is 18.3 Å². The molecular weight excluding hydrogens is 245 g/mol. The molecule has 1 saturated heterocycles. The van der Waals surface area contributed by atoms with Crippen LogP contribution in [0.15, 0.2) is 0 Å². The molecule has 0 saturated carbocycles. The van der Waals surface area contributed by atoms with E-state index in [1.165, 1.54) is 4.90 Å². The molecule has 2 N–H and O–H groups in total. The number of rotatable bonds is 6. The lowest BCUT2D eigenvalue weighted by molar-refractivity contribution is -0.148. The average molecular weight is 268 g/mol. The summed E-state index contributed by atoms with van der Waals surface area (Å²) in [5.41, 5.74) is 0. The number of likely N-dealkylation sites (tertiary alicyclic amines) is 1. The Kier molecular flexibility index (Phi) is 6.38. The lowest BCUT2D eigenvalue weighted by atomic mass is 10.0. The van der Waals surface area contributed by atoms with Gasteiger partial charge >= 0.3 is 6.18 Å². The Morgan fingerprint density at radius 1 is 1.33 bits per heavy atom. The van der Waals surface area contributed by atoms with Crippen LogP contribution in [0.3, 0.4) is 0 Å². The third-order valence-corrected chi connectivity index (χ3v) is 3.43. The van der Waals surface area contributed by atoms with Gasteiger partial charge in [-0.1, -0.05) is 6.92 Å². The molecule has 1 rings (SSSR count). The summed E-state index contributed by atoms with van der Waals surface area (Å²) < 4.78 is 36.7. The number of aliphatic hydroxyl groups excluding tert-OH is 1. The fourth-order valence-corrected chi connectivity index (χ4v) is 2.41. The molecule has 1 heterocycles. The summed E-state index contributed by atoms with van der Waals surface area (Å²) in [7, 11) is 0. The van der Waals surface area contributed by atoms with E-state index in [-0.39, 0.29) is 18.7 Å². The number of nitrogens with one attached hydrogen (secondary N) is 1. The Morgan fingerprint density at radius 2 is 1.94 bits per heavy atom. The predicted molar refractivity (Wildman–Crippen MR) is 64.4 cm³/mol. The van der Waals surface area contributed by atoms with Crippen LogP contribution in [0.2, 0.25) is 0 Å². The third kappa shape index (κ3) is 6.02. The fourth-order valence-electron chi connectivity index (χ4n) is 2.41. The van der Waals surface area contributed by atoms with Crippen LogP contribution in [0.1, 0.15) is 32.6 Å². The topological polar surface area (TPSA) is 35.5 Å². The zero-order valence-corrected chi connectivity index (χ0v) is 10.8. The molecule has 0 aromatic heterocycles. The van der Waals surface area contributed by atoms with Crippen molar-refractivity contribution in [3.05, 3.63) is 0 Å². The molecule has 1 aliphatic heterocycles. The molecule has 0 aliphatic carbocycles. The van der Waals surface area contributed by atoms with E-state index >= 15 is 0 Å². The molecule has 0 radical (unpaired) electrons. The second-order valence-electron chi connectivity index (χ2n) is 4.95. The zero-order valence-electron chi connectivity index (χ0n) is 10.8. The summed E-state index contributed by atoms with van der Waals surface area (Å²) in [5.74, 6) is 0. The Hall–Kier alpha value is -0.330. The van der Waals surface area contributed by atoms with Gasteiger partial charge in [0.2, 0.25) is 0 Å². The van der Waals surface area contributed by atoms with E-state index < -0.39 is 12.7 Å². The van der Waals surface area contributed by atoms with Crippen molar-refractivity contribution in [2.24, 2.45) is 0 Å². The van der Waals surface area contributed by atoms with Crippen molar-refractivity contribution >= 4 is 0 Å². The minimum atomic E-state index is -4.09. The summed E-state index contributed by atoms with van der Waals surface area (Å²) in [4.78, 5) is 1.46. The lowest BCUT2D eigenvalue weighted by Gasteiger charge is -2.34. The molecular formula is C12H23F3N2O. The van der Waals surface area contributed by atoms with Crippen LogP contribution in [-0.4, -0.2) is 54.5 Å². The monoisotopic (exact) mass is 268 g/mol. The average Bonchev–Trinajstić information content (AvgIpc) is 2.29. The fraction of sp³-hybridized carbons (Fsp3) is 1.00. The smallest absolute Gasteiger partial charge is 0.396 e. The van der Waals surface area contributed by atoms with E-state index in [9.17, 15) is 13.2 Å².